The molecule has 0 amide bonds. The van der Waals surface area contributed by atoms with Crippen molar-refractivity contribution in [3.63, 3.8) is 0 Å². The minimum atomic E-state index is -0.0542. The number of carbonyl (C=O) groups excluding carboxylic acids is 1. The lowest BCUT2D eigenvalue weighted by molar-refractivity contribution is 0.104. The Morgan fingerprint density at radius 1 is 0.968 bits per heavy atom. The van der Waals surface area contributed by atoms with Gasteiger partial charge >= 0.3 is 0 Å². The van der Waals surface area contributed by atoms with Crippen LogP contribution in [0.5, 0.6) is 17.2 Å². The van der Waals surface area contributed by atoms with Crippen LogP contribution in [-0.2, 0) is 0 Å². The number of halogens is 1. The number of rotatable bonds is 10. The van der Waals surface area contributed by atoms with Crippen molar-refractivity contribution in [3.8, 4) is 17.2 Å². The third-order valence-corrected chi connectivity index (χ3v) is 5.31. The van der Waals surface area contributed by atoms with Crippen LogP contribution in [0.3, 0.4) is 0 Å². The van der Waals surface area contributed by atoms with Crippen molar-refractivity contribution >= 4 is 24.3 Å². The summed E-state index contributed by atoms with van der Waals surface area (Å²) < 4.78 is 16.4. The first kappa shape index (κ1) is 24.8. The second-order valence-electron chi connectivity index (χ2n) is 7.44. The maximum absolute atomic E-state index is 12.5. The van der Waals surface area contributed by atoms with Gasteiger partial charge in [0.2, 0.25) is 0 Å². The SMILES string of the molecule is COc1ccc(/C=C/C(=O)c2ccc(OCCCN3CCCCC3)cc2)cc1OC.Cl. The fraction of sp³-hybridized carbons (Fsp3) is 0.400. The summed E-state index contributed by atoms with van der Waals surface area (Å²) in [5, 5.41) is 0. The molecule has 0 saturated carbocycles. The van der Waals surface area contributed by atoms with Gasteiger partial charge in [-0.2, -0.15) is 0 Å². The van der Waals surface area contributed by atoms with E-state index in [0.717, 1.165) is 24.3 Å². The Bertz CT molecular complexity index is 845. The number of allylic oxidation sites excluding steroid dienone is 1. The van der Waals surface area contributed by atoms with Crippen LogP contribution < -0.4 is 14.2 Å². The van der Waals surface area contributed by atoms with E-state index in [0.29, 0.717) is 23.7 Å². The van der Waals surface area contributed by atoms with Crippen molar-refractivity contribution < 1.29 is 19.0 Å². The highest BCUT2D eigenvalue weighted by atomic mass is 35.5. The number of nitrogens with zero attached hydrogens (tertiary/aromatic N) is 1. The van der Waals surface area contributed by atoms with Gasteiger partial charge in [0.15, 0.2) is 17.3 Å². The van der Waals surface area contributed by atoms with Gasteiger partial charge in [-0.15, -0.1) is 12.4 Å². The van der Waals surface area contributed by atoms with Crippen LogP contribution in [0.15, 0.2) is 48.5 Å². The van der Waals surface area contributed by atoms with E-state index in [9.17, 15) is 4.79 Å². The average Bonchev–Trinajstić information content (AvgIpc) is 2.81. The third kappa shape index (κ3) is 7.60. The molecule has 3 rings (SSSR count). The molecule has 168 valence electrons. The highest BCUT2D eigenvalue weighted by Gasteiger charge is 2.09. The summed E-state index contributed by atoms with van der Waals surface area (Å²) >= 11 is 0. The zero-order valence-electron chi connectivity index (χ0n) is 18.3. The molecule has 0 N–H and O–H groups in total. The molecule has 31 heavy (non-hydrogen) atoms. The number of likely N-dealkylation sites (tertiary alicyclic amines) is 1. The van der Waals surface area contributed by atoms with Gasteiger partial charge in [0.05, 0.1) is 20.8 Å². The molecular formula is C25H32ClNO4. The summed E-state index contributed by atoms with van der Waals surface area (Å²) in [5.41, 5.74) is 1.50. The molecule has 0 aromatic heterocycles. The molecule has 2 aromatic rings. The molecule has 0 radical (unpaired) electrons. The molecule has 2 aromatic carbocycles. The standard InChI is InChI=1S/C25H31NO4.ClH/c1-28-24-14-8-20(19-25(24)29-2)7-13-23(27)21-9-11-22(12-10-21)30-18-6-17-26-15-4-3-5-16-26;/h7-14,19H,3-6,15-18H2,1-2H3;1H/b13-7+;. The lowest BCUT2D eigenvalue weighted by atomic mass is 10.1. The van der Waals surface area contributed by atoms with Gasteiger partial charge in [-0.25, -0.2) is 0 Å². The number of methoxy groups -OCH3 is 2. The van der Waals surface area contributed by atoms with Gasteiger partial charge in [-0.05, 0) is 80.4 Å². The van der Waals surface area contributed by atoms with E-state index in [4.69, 9.17) is 14.2 Å². The van der Waals surface area contributed by atoms with Gasteiger partial charge in [0.25, 0.3) is 0 Å². The molecule has 0 bridgehead atoms. The van der Waals surface area contributed by atoms with E-state index in [2.05, 4.69) is 4.90 Å². The largest absolute Gasteiger partial charge is 0.494 e. The average molecular weight is 446 g/mol. The molecule has 1 fully saturated rings. The van der Waals surface area contributed by atoms with Gasteiger partial charge < -0.3 is 19.1 Å². The number of hydrogen-bond acceptors (Lipinski definition) is 5. The maximum atomic E-state index is 12.5. The summed E-state index contributed by atoms with van der Waals surface area (Å²) in [7, 11) is 3.19. The predicted molar refractivity (Wildman–Crippen MR) is 127 cm³/mol. The minimum absolute atomic E-state index is 0. The lowest BCUT2D eigenvalue weighted by Crippen LogP contribution is -2.31. The van der Waals surface area contributed by atoms with Crippen LogP contribution in [0.2, 0.25) is 0 Å². The first-order valence-electron chi connectivity index (χ1n) is 10.6. The van der Waals surface area contributed by atoms with Gasteiger partial charge in [-0.3, -0.25) is 4.79 Å². The second kappa shape index (κ2) is 13.0. The molecule has 0 unspecified atom stereocenters. The molecule has 0 spiro atoms. The predicted octanol–water partition coefficient (Wildman–Crippen LogP) is 5.28. The van der Waals surface area contributed by atoms with Crippen molar-refractivity contribution in [2.75, 3.05) is 40.5 Å². The number of ether oxygens (including phenoxy) is 3. The third-order valence-electron chi connectivity index (χ3n) is 5.31. The van der Waals surface area contributed by atoms with Gasteiger partial charge in [0, 0.05) is 12.1 Å². The zero-order chi connectivity index (χ0) is 21.2. The Hall–Kier alpha value is -2.50. The fourth-order valence-electron chi connectivity index (χ4n) is 3.60. The highest BCUT2D eigenvalue weighted by molar-refractivity contribution is 6.06. The van der Waals surface area contributed by atoms with Crippen LogP contribution in [0, 0.1) is 0 Å². The molecule has 0 atom stereocenters. The zero-order valence-corrected chi connectivity index (χ0v) is 19.2. The first-order chi connectivity index (χ1) is 14.7. The first-order valence-corrected chi connectivity index (χ1v) is 10.6. The molecular weight excluding hydrogens is 414 g/mol. The number of ketones is 1. The molecule has 6 heteroatoms. The Kier molecular flexibility index (Phi) is 10.4. The Balaban J connectivity index is 0.00000341. The lowest BCUT2D eigenvalue weighted by Gasteiger charge is -2.26. The van der Waals surface area contributed by atoms with Crippen LogP contribution in [0.25, 0.3) is 6.08 Å². The quantitative estimate of drug-likeness (QED) is 0.283. The smallest absolute Gasteiger partial charge is 0.185 e. The number of benzene rings is 2. The van der Waals surface area contributed by atoms with E-state index in [-0.39, 0.29) is 18.2 Å². The van der Waals surface area contributed by atoms with Crippen molar-refractivity contribution in [2.45, 2.75) is 25.7 Å². The van der Waals surface area contributed by atoms with Crippen molar-refractivity contribution in [2.24, 2.45) is 0 Å². The topological polar surface area (TPSA) is 48.0 Å². The van der Waals surface area contributed by atoms with Gasteiger partial charge in [-0.1, -0.05) is 18.6 Å². The minimum Gasteiger partial charge on any atom is -0.494 e. The molecule has 1 heterocycles. The summed E-state index contributed by atoms with van der Waals surface area (Å²) in [6.45, 7) is 4.22. The fourth-order valence-corrected chi connectivity index (χ4v) is 3.60. The second-order valence-corrected chi connectivity index (χ2v) is 7.44. The normalized spacial score (nSPS) is 14.1. The monoisotopic (exact) mass is 445 g/mol. The van der Waals surface area contributed by atoms with E-state index in [1.54, 1.807) is 38.5 Å². The maximum Gasteiger partial charge on any atom is 0.185 e. The van der Waals surface area contributed by atoms with Crippen LogP contribution in [0.1, 0.15) is 41.6 Å². The van der Waals surface area contributed by atoms with Crippen molar-refractivity contribution in [1.29, 1.82) is 0 Å². The van der Waals surface area contributed by atoms with Crippen LogP contribution >= 0.6 is 12.4 Å². The summed E-state index contributed by atoms with van der Waals surface area (Å²) in [6, 6.07) is 12.9. The molecule has 5 nitrogen and oxygen atoms in total. The summed E-state index contributed by atoms with van der Waals surface area (Å²) in [6.07, 6.45) is 8.36. The summed E-state index contributed by atoms with van der Waals surface area (Å²) in [5.74, 6) is 2.04. The van der Waals surface area contributed by atoms with E-state index in [1.165, 1.54) is 32.4 Å². The Morgan fingerprint density at radius 3 is 2.35 bits per heavy atom. The van der Waals surface area contributed by atoms with E-state index >= 15 is 0 Å². The van der Waals surface area contributed by atoms with E-state index < -0.39 is 0 Å². The van der Waals surface area contributed by atoms with E-state index in [1.807, 2.05) is 30.3 Å². The Labute approximate surface area is 191 Å². The molecule has 0 aliphatic carbocycles. The number of piperidine rings is 1. The van der Waals surface area contributed by atoms with Crippen LogP contribution in [0.4, 0.5) is 0 Å². The Morgan fingerprint density at radius 2 is 1.68 bits per heavy atom. The van der Waals surface area contributed by atoms with Crippen LogP contribution in [-0.4, -0.2) is 51.1 Å². The molecule has 1 saturated heterocycles. The van der Waals surface area contributed by atoms with Gasteiger partial charge in [0.1, 0.15) is 5.75 Å². The highest BCUT2D eigenvalue weighted by Crippen LogP contribution is 2.28. The number of hydrogen-bond donors (Lipinski definition) is 0. The molecule has 1 aliphatic rings. The van der Waals surface area contributed by atoms with Crippen molar-refractivity contribution in [1.82, 2.24) is 4.90 Å². The summed E-state index contributed by atoms with van der Waals surface area (Å²) in [4.78, 5) is 15.0. The molecule has 1 aliphatic heterocycles. The number of carbonyl (C=O) groups is 1. The van der Waals surface area contributed by atoms with Crippen molar-refractivity contribution in [3.05, 3.63) is 59.7 Å².